The van der Waals surface area contributed by atoms with E-state index in [2.05, 4.69) is 45.6 Å². The molecular weight excluding hydrogens is 306 g/mol. The smallest absolute Gasteiger partial charge is 0.147 e. The second-order valence-electron chi connectivity index (χ2n) is 5.20. The molecule has 4 aromatic rings. The van der Waals surface area contributed by atoms with E-state index < -0.39 is 0 Å². The standard InChI is InChI=1S/C18H15N3OS/c1-22-13-8-6-12(7-9-13)10-19-18-17-16(20-11-21-18)14-4-2-3-5-15(14)23-17/h2-9,11H,10H2,1H3,(H,19,20,21). The van der Waals surface area contributed by atoms with Gasteiger partial charge in [0.1, 0.15) is 17.9 Å². The molecule has 23 heavy (non-hydrogen) atoms. The molecule has 114 valence electrons. The first kappa shape index (κ1) is 14.0. The van der Waals surface area contributed by atoms with E-state index in [0.717, 1.165) is 21.8 Å². The summed E-state index contributed by atoms with van der Waals surface area (Å²) in [5.74, 6) is 1.75. The van der Waals surface area contributed by atoms with Crippen LogP contribution in [0.4, 0.5) is 5.82 Å². The summed E-state index contributed by atoms with van der Waals surface area (Å²) in [5.41, 5.74) is 2.19. The summed E-state index contributed by atoms with van der Waals surface area (Å²) < 4.78 is 7.52. The normalized spacial score (nSPS) is 11.0. The van der Waals surface area contributed by atoms with E-state index in [1.54, 1.807) is 24.8 Å². The number of hydrogen-bond donors (Lipinski definition) is 1. The Morgan fingerprint density at radius 2 is 1.87 bits per heavy atom. The van der Waals surface area contributed by atoms with Crippen molar-refractivity contribution in [2.24, 2.45) is 0 Å². The van der Waals surface area contributed by atoms with Crippen LogP contribution in [-0.2, 0) is 6.54 Å². The minimum atomic E-state index is 0.713. The summed E-state index contributed by atoms with van der Waals surface area (Å²) in [5, 5.41) is 4.60. The zero-order valence-electron chi connectivity index (χ0n) is 12.6. The molecule has 0 aliphatic heterocycles. The van der Waals surface area contributed by atoms with Crippen LogP contribution in [0.2, 0.25) is 0 Å². The van der Waals surface area contributed by atoms with Gasteiger partial charge in [0.2, 0.25) is 0 Å². The van der Waals surface area contributed by atoms with Gasteiger partial charge in [0.05, 0.1) is 17.3 Å². The molecular formula is C18H15N3OS. The quantitative estimate of drug-likeness (QED) is 0.602. The molecule has 2 aromatic heterocycles. The number of anilines is 1. The SMILES string of the molecule is COc1ccc(CNc2ncnc3c2sc2ccccc23)cc1. The van der Waals surface area contributed by atoms with Gasteiger partial charge in [-0.2, -0.15) is 0 Å². The molecule has 0 saturated carbocycles. The molecule has 0 radical (unpaired) electrons. The van der Waals surface area contributed by atoms with Gasteiger partial charge in [-0.05, 0) is 23.8 Å². The summed E-state index contributed by atoms with van der Waals surface area (Å²) >= 11 is 1.72. The average molecular weight is 321 g/mol. The molecule has 0 amide bonds. The molecule has 4 nitrogen and oxygen atoms in total. The fourth-order valence-corrected chi connectivity index (χ4v) is 3.70. The number of nitrogens with one attached hydrogen (secondary N) is 1. The monoisotopic (exact) mass is 321 g/mol. The minimum absolute atomic E-state index is 0.713. The highest BCUT2D eigenvalue weighted by atomic mass is 32.1. The molecule has 0 saturated heterocycles. The van der Waals surface area contributed by atoms with Gasteiger partial charge in [-0.3, -0.25) is 0 Å². The number of ether oxygens (including phenoxy) is 1. The molecule has 2 heterocycles. The van der Waals surface area contributed by atoms with E-state index in [0.29, 0.717) is 6.54 Å². The lowest BCUT2D eigenvalue weighted by Crippen LogP contribution is -2.01. The van der Waals surface area contributed by atoms with E-state index in [9.17, 15) is 0 Å². The molecule has 0 unspecified atom stereocenters. The van der Waals surface area contributed by atoms with Crippen molar-refractivity contribution >= 4 is 37.5 Å². The van der Waals surface area contributed by atoms with Crippen molar-refractivity contribution < 1.29 is 4.74 Å². The van der Waals surface area contributed by atoms with Crippen LogP contribution in [0, 0.1) is 0 Å². The highest BCUT2D eigenvalue weighted by molar-refractivity contribution is 7.26. The molecule has 4 rings (SSSR count). The Morgan fingerprint density at radius 1 is 1.04 bits per heavy atom. The predicted octanol–water partition coefficient (Wildman–Crippen LogP) is 4.47. The van der Waals surface area contributed by atoms with Crippen molar-refractivity contribution in [2.75, 3.05) is 12.4 Å². The first-order valence-corrected chi connectivity index (χ1v) is 8.16. The Kier molecular flexibility index (Phi) is 3.55. The van der Waals surface area contributed by atoms with Crippen LogP contribution in [0.1, 0.15) is 5.56 Å². The van der Waals surface area contributed by atoms with Crippen molar-refractivity contribution in [1.29, 1.82) is 0 Å². The van der Waals surface area contributed by atoms with E-state index in [1.807, 2.05) is 18.2 Å². The van der Waals surface area contributed by atoms with Gasteiger partial charge < -0.3 is 10.1 Å². The van der Waals surface area contributed by atoms with E-state index >= 15 is 0 Å². The number of fused-ring (bicyclic) bond motifs is 3. The van der Waals surface area contributed by atoms with Crippen molar-refractivity contribution in [2.45, 2.75) is 6.54 Å². The summed E-state index contributed by atoms with van der Waals surface area (Å²) in [7, 11) is 1.67. The third-order valence-electron chi connectivity index (χ3n) is 3.78. The van der Waals surface area contributed by atoms with E-state index in [1.165, 1.54) is 15.6 Å². The van der Waals surface area contributed by atoms with Crippen molar-refractivity contribution in [3.05, 3.63) is 60.4 Å². The van der Waals surface area contributed by atoms with Crippen molar-refractivity contribution in [1.82, 2.24) is 9.97 Å². The maximum Gasteiger partial charge on any atom is 0.147 e. The Balaban J connectivity index is 1.65. The van der Waals surface area contributed by atoms with Crippen LogP contribution >= 0.6 is 11.3 Å². The maximum absolute atomic E-state index is 5.18. The van der Waals surface area contributed by atoms with Gasteiger partial charge in [0.25, 0.3) is 0 Å². The van der Waals surface area contributed by atoms with Gasteiger partial charge in [0.15, 0.2) is 0 Å². The number of rotatable bonds is 4. The summed E-state index contributed by atoms with van der Waals surface area (Å²) in [6.07, 6.45) is 1.62. The Labute approximate surface area is 137 Å². The zero-order valence-corrected chi connectivity index (χ0v) is 13.4. The van der Waals surface area contributed by atoms with E-state index in [-0.39, 0.29) is 0 Å². The number of hydrogen-bond acceptors (Lipinski definition) is 5. The third kappa shape index (κ3) is 2.59. The molecule has 0 atom stereocenters. The average Bonchev–Trinajstić information content (AvgIpc) is 3.00. The molecule has 0 bridgehead atoms. The Morgan fingerprint density at radius 3 is 2.70 bits per heavy atom. The first-order chi connectivity index (χ1) is 11.3. The zero-order chi connectivity index (χ0) is 15.6. The van der Waals surface area contributed by atoms with Gasteiger partial charge in [0, 0.05) is 16.6 Å². The fourth-order valence-electron chi connectivity index (χ4n) is 2.58. The topological polar surface area (TPSA) is 47.0 Å². The summed E-state index contributed by atoms with van der Waals surface area (Å²) in [4.78, 5) is 8.86. The van der Waals surface area contributed by atoms with Gasteiger partial charge >= 0.3 is 0 Å². The number of aromatic nitrogens is 2. The summed E-state index contributed by atoms with van der Waals surface area (Å²) in [6, 6.07) is 16.3. The van der Waals surface area contributed by atoms with Gasteiger partial charge in [-0.1, -0.05) is 30.3 Å². The Hall–Kier alpha value is -2.66. The molecule has 2 aromatic carbocycles. The highest BCUT2D eigenvalue weighted by Gasteiger charge is 2.10. The van der Waals surface area contributed by atoms with Crippen LogP contribution in [0.15, 0.2) is 54.9 Å². The van der Waals surface area contributed by atoms with Crippen molar-refractivity contribution in [3.8, 4) is 5.75 Å². The minimum Gasteiger partial charge on any atom is -0.497 e. The molecule has 0 aliphatic rings. The van der Waals surface area contributed by atoms with E-state index in [4.69, 9.17) is 4.74 Å². The number of nitrogens with zero attached hydrogens (tertiary/aromatic N) is 2. The molecule has 0 spiro atoms. The lowest BCUT2D eigenvalue weighted by Gasteiger charge is -2.07. The first-order valence-electron chi connectivity index (χ1n) is 7.34. The van der Waals surface area contributed by atoms with Gasteiger partial charge in [-0.15, -0.1) is 11.3 Å². The van der Waals surface area contributed by atoms with Crippen LogP contribution in [-0.4, -0.2) is 17.1 Å². The molecule has 5 heteroatoms. The summed E-state index contributed by atoms with van der Waals surface area (Å²) in [6.45, 7) is 0.713. The maximum atomic E-state index is 5.18. The predicted molar refractivity (Wildman–Crippen MR) is 95.2 cm³/mol. The number of benzene rings is 2. The lowest BCUT2D eigenvalue weighted by atomic mass is 10.2. The van der Waals surface area contributed by atoms with Gasteiger partial charge in [-0.25, -0.2) is 9.97 Å². The molecule has 0 fully saturated rings. The largest absolute Gasteiger partial charge is 0.497 e. The second-order valence-corrected chi connectivity index (χ2v) is 6.25. The van der Waals surface area contributed by atoms with Crippen molar-refractivity contribution in [3.63, 3.8) is 0 Å². The fraction of sp³-hybridized carbons (Fsp3) is 0.111. The molecule has 0 aliphatic carbocycles. The van der Waals surface area contributed by atoms with Crippen LogP contribution < -0.4 is 10.1 Å². The lowest BCUT2D eigenvalue weighted by molar-refractivity contribution is 0.414. The Bertz CT molecular complexity index is 963. The molecule has 1 N–H and O–H groups in total. The highest BCUT2D eigenvalue weighted by Crippen LogP contribution is 2.35. The van der Waals surface area contributed by atoms with Crippen LogP contribution in [0.25, 0.3) is 20.3 Å². The number of thiophene rings is 1. The van der Waals surface area contributed by atoms with Crippen LogP contribution in [0.5, 0.6) is 5.75 Å². The van der Waals surface area contributed by atoms with Crippen LogP contribution in [0.3, 0.4) is 0 Å². The third-order valence-corrected chi connectivity index (χ3v) is 4.94. The number of methoxy groups -OCH3 is 1. The second kappa shape index (κ2) is 5.85.